The molecule has 1 heterocycles. The highest BCUT2D eigenvalue weighted by atomic mass is 16.1. The Morgan fingerprint density at radius 1 is 1.23 bits per heavy atom. The lowest BCUT2D eigenvalue weighted by Crippen LogP contribution is -2.15. The molecule has 0 bridgehead atoms. The maximum absolute atomic E-state index is 12.2. The van der Waals surface area contributed by atoms with Gasteiger partial charge in [0.15, 0.2) is 0 Å². The van der Waals surface area contributed by atoms with Gasteiger partial charge in [0.2, 0.25) is 0 Å². The Morgan fingerprint density at radius 2 is 1.91 bits per heavy atom. The van der Waals surface area contributed by atoms with Crippen molar-refractivity contribution in [1.82, 2.24) is 20.2 Å². The van der Waals surface area contributed by atoms with Crippen LogP contribution < -0.4 is 5.32 Å². The summed E-state index contributed by atoms with van der Waals surface area (Å²) in [6.45, 7) is 9.22. The summed E-state index contributed by atoms with van der Waals surface area (Å²) in [4.78, 5) is 13.7. The molecule has 0 spiro atoms. The van der Waals surface area contributed by atoms with Gasteiger partial charge in [-0.05, 0) is 34.7 Å². The third-order valence-corrected chi connectivity index (χ3v) is 3.40. The molecule has 0 radical (unpaired) electrons. The molecule has 1 aromatic carbocycles. The van der Waals surface area contributed by atoms with Crippen molar-refractivity contribution < 1.29 is 4.79 Å². The van der Waals surface area contributed by atoms with Gasteiger partial charge < -0.3 is 0 Å². The number of tetrazole rings is 1. The average Bonchev–Trinajstić information content (AvgIpc) is 2.92. The summed E-state index contributed by atoms with van der Waals surface area (Å²) in [6, 6.07) is 7.58. The number of aryl methyl sites for hydroxylation is 1. The van der Waals surface area contributed by atoms with E-state index in [0.29, 0.717) is 12.1 Å². The van der Waals surface area contributed by atoms with Gasteiger partial charge in [0, 0.05) is 5.56 Å². The number of hydrogen-bond acceptors (Lipinski definition) is 4. The minimum absolute atomic E-state index is 0.0680. The molecule has 1 aromatic heterocycles. The topological polar surface area (TPSA) is 72.7 Å². The number of unbranched alkanes of at least 4 members (excludes halogenated alkanes) is 1. The zero-order valence-corrected chi connectivity index (χ0v) is 13.6. The van der Waals surface area contributed by atoms with Gasteiger partial charge in [-0.3, -0.25) is 10.1 Å². The molecule has 0 saturated heterocycles. The lowest BCUT2D eigenvalue weighted by Gasteiger charge is -2.18. The summed E-state index contributed by atoms with van der Waals surface area (Å²) in [5, 5.41) is 14.6. The summed E-state index contributed by atoms with van der Waals surface area (Å²) in [7, 11) is 0. The van der Waals surface area contributed by atoms with Gasteiger partial charge in [-0.2, -0.15) is 4.80 Å². The van der Waals surface area contributed by atoms with E-state index < -0.39 is 0 Å². The Balaban J connectivity index is 2.01. The SMILES string of the molecule is CCCCn1nnc(NC(=O)c2ccc(C(C)(C)C)cc2)n1. The molecule has 1 amide bonds. The van der Waals surface area contributed by atoms with Crippen molar-refractivity contribution >= 4 is 11.9 Å². The third-order valence-electron chi connectivity index (χ3n) is 3.40. The van der Waals surface area contributed by atoms with Gasteiger partial charge in [0.25, 0.3) is 11.9 Å². The molecular weight excluding hydrogens is 278 g/mol. The zero-order chi connectivity index (χ0) is 16.2. The van der Waals surface area contributed by atoms with Crippen molar-refractivity contribution in [3.05, 3.63) is 35.4 Å². The van der Waals surface area contributed by atoms with E-state index in [-0.39, 0.29) is 17.3 Å². The monoisotopic (exact) mass is 301 g/mol. The highest BCUT2D eigenvalue weighted by Gasteiger charge is 2.15. The Labute approximate surface area is 130 Å². The predicted octanol–water partition coefficient (Wildman–Crippen LogP) is 3.02. The van der Waals surface area contributed by atoms with E-state index in [0.717, 1.165) is 12.8 Å². The second kappa shape index (κ2) is 6.68. The number of hydrogen-bond donors (Lipinski definition) is 1. The lowest BCUT2D eigenvalue weighted by atomic mass is 9.87. The van der Waals surface area contributed by atoms with Crippen LogP contribution in [0.15, 0.2) is 24.3 Å². The molecule has 6 nitrogen and oxygen atoms in total. The number of amides is 1. The van der Waals surface area contributed by atoms with Crippen molar-refractivity contribution in [3.8, 4) is 0 Å². The normalized spacial score (nSPS) is 11.5. The van der Waals surface area contributed by atoms with E-state index in [1.807, 2.05) is 24.3 Å². The fourth-order valence-electron chi connectivity index (χ4n) is 1.98. The first-order chi connectivity index (χ1) is 10.4. The molecule has 0 unspecified atom stereocenters. The molecule has 22 heavy (non-hydrogen) atoms. The standard InChI is InChI=1S/C16H23N5O/c1-5-6-11-21-19-15(18-20-21)17-14(22)12-7-9-13(10-8-12)16(2,3)4/h7-10H,5-6,11H2,1-4H3,(H,17,19,22). The molecule has 118 valence electrons. The van der Waals surface area contributed by atoms with E-state index in [1.54, 1.807) is 0 Å². The fraction of sp³-hybridized carbons (Fsp3) is 0.500. The van der Waals surface area contributed by atoms with Gasteiger partial charge in [-0.1, -0.05) is 51.3 Å². The number of anilines is 1. The minimum Gasteiger partial charge on any atom is -0.288 e. The summed E-state index contributed by atoms with van der Waals surface area (Å²) >= 11 is 0. The van der Waals surface area contributed by atoms with Crippen molar-refractivity contribution in [2.45, 2.75) is 52.5 Å². The van der Waals surface area contributed by atoms with Crippen LogP contribution in [0.3, 0.4) is 0 Å². The molecular formula is C16H23N5O. The maximum Gasteiger partial charge on any atom is 0.270 e. The fourth-order valence-corrected chi connectivity index (χ4v) is 1.98. The summed E-state index contributed by atoms with van der Waals surface area (Å²) in [5.74, 6) is 0.0106. The Kier molecular flexibility index (Phi) is 4.90. The Hall–Kier alpha value is -2.24. The first kappa shape index (κ1) is 16.1. The lowest BCUT2D eigenvalue weighted by molar-refractivity contribution is 0.102. The molecule has 0 aliphatic carbocycles. The van der Waals surface area contributed by atoms with Gasteiger partial charge >= 0.3 is 0 Å². The van der Waals surface area contributed by atoms with Crippen LogP contribution in [0.4, 0.5) is 5.95 Å². The first-order valence-corrected chi connectivity index (χ1v) is 7.60. The van der Waals surface area contributed by atoms with Gasteiger partial charge in [-0.25, -0.2) is 0 Å². The molecule has 2 rings (SSSR count). The van der Waals surface area contributed by atoms with E-state index in [1.165, 1.54) is 10.4 Å². The van der Waals surface area contributed by atoms with Gasteiger partial charge in [0.1, 0.15) is 0 Å². The highest BCUT2D eigenvalue weighted by Crippen LogP contribution is 2.22. The quantitative estimate of drug-likeness (QED) is 0.921. The van der Waals surface area contributed by atoms with Crippen molar-refractivity contribution in [2.24, 2.45) is 0 Å². The summed E-state index contributed by atoms with van der Waals surface area (Å²) in [6.07, 6.45) is 2.04. The number of aromatic nitrogens is 4. The molecule has 6 heteroatoms. The smallest absolute Gasteiger partial charge is 0.270 e. The van der Waals surface area contributed by atoms with E-state index >= 15 is 0 Å². The number of rotatable bonds is 5. The van der Waals surface area contributed by atoms with Crippen LogP contribution in [-0.4, -0.2) is 26.1 Å². The number of nitrogens with zero attached hydrogens (tertiary/aromatic N) is 4. The van der Waals surface area contributed by atoms with Crippen LogP contribution in [0, 0.1) is 0 Å². The van der Waals surface area contributed by atoms with E-state index in [4.69, 9.17) is 0 Å². The van der Waals surface area contributed by atoms with E-state index in [2.05, 4.69) is 48.4 Å². The molecule has 0 saturated carbocycles. The van der Waals surface area contributed by atoms with Gasteiger partial charge in [-0.15, -0.1) is 5.10 Å². The van der Waals surface area contributed by atoms with Crippen molar-refractivity contribution in [3.63, 3.8) is 0 Å². The van der Waals surface area contributed by atoms with Gasteiger partial charge in [0.05, 0.1) is 6.54 Å². The minimum atomic E-state index is -0.226. The van der Waals surface area contributed by atoms with Crippen LogP contribution in [0.1, 0.15) is 56.5 Å². The molecule has 0 aliphatic heterocycles. The number of carbonyl (C=O) groups excluding carboxylic acids is 1. The van der Waals surface area contributed by atoms with Crippen molar-refractivity contribution in [1.29, 1.82) is 0 Å². The second-order valence-electron chi connectivity index (χ2n) is 6.34. The maximum atomic E-state index is 12.2. The molecule has 0 atom stereocenters. The zero-order valence-electron chi connectivity index (χ0n) is 13.6. The predicted molar refractivity (Wildman–Crippen MR) is 85.8 cm³/mol. The summed E-state index contributed by atoms with van der Waals surface area (Å²) < 4.78 is 0. The van der Waals surface area contributed by atoms with Crippen LogP contribution in [0.2, 0.25) is 0 Å². The average molecular weight is 301 g/mol. The van der Waals surface area contributed by atoms with Crippen LogP contribution in [-0.2, 0) is 12.0 Å². The molecule has 2 aromatic rings. The molecule has 0 aliphatic rings. The number of benzene rings is 1. The Bertz CT molecular complexity index is 625. The largest absolute Gasteiger partial charge is 0.288 e. The third kappa shape index (κ3) is 4.13. The Morgan fingerprint density at radius 3 is 2.50 bits per heavy atom. The van der Waals surface area contributed by atoms with Crippen LogP contribution >= 0.6 is 0 Å². The van der Waals surface area contributed by atoms with Crippen LogP contribution in [0.5, 0.6) is 0 Å². The summed E-state index contributed by atoms with van der Waals surface area (Å²) in [5.41, 5.74) is 1.84. The number of nitrogens with one attached hydrogen (secondary N) is 1. The van der Waals surface area contributed by atoms with Crippen LogP contribution in [0.25, 0.3) is 0 Å². The second-order valence-corrected chi connectivity index (χ2v) is 6.34. The highest BCUT2D eigenvalue weighted by molar-refractivity contribution is 6.03. The first-order valence-electron chi connectivity index (χ1n) is 7.60. The van der Waals surface area contributed by atoms with E-state index in [9.17, 15) is 4.79 Å². The molecule has 1 N–H and O–H groups in total. The van der Waals surface area contributed by atoms with Crippen molar-refractivity contribution in [2.75, 3.05) is 5.32 Å². The number of carbonyl (C=O) groups is 1. The molecule has 0 fully saturated rings.